The molecule has 1 N–H and O–H groups in total. The van der Waals surface area contributed by atoms with Crippen LogP contribution in [0.5, 0.6) is 0 Å². The van der Waals surface area contributed by atoms with E-state index in [2.05, 4.69) is 10.1 Å². The number of benzene rings is 1. The van der Waals surface area contributed by atoms with E-state index in [0.29, 0.717) is 31.3 Å². The molecular formula is C13H14N2O4. The Labute approximate surface area is 110 Å². The molecule has 0 spiro atoms. The third-order valence-corrected chi connectivity index (χ3v) is 2.52. The Morgan fingerprint density at radius 1 is 1.37 bits per heavy atom. The minimum atomic E-state index is -0.961. The molecule has 0 bridgehead atoms. The van der Waals surface area contributed by atoms with Gasteiger partial charge in [-0.1, -0.05) is 17.3 Å². The number of carboxylic acids is 1. The fourth-order valence-electron chi connectivity index (χ4n) is 1.54. The molecule has 0 saturated heterocycles. The lowest BCUT2D eigenvalue weighted by atomic mass is 10.1. The van der Waals surface area contributed by atoms with Gasteiger partial charge in [0, 0.05) is 12.2 Å². The normalized spacial score (nSPS) is 10.6. The SMILES string of the molecule is CCOCCc1nc(-c2ccc(C(=O)O)cc2)no1. The van der Waals surface area contributed by atoms with Crippen molar-refractivity contribution >= 4 is 5.97 Å². The predicted molar refractivity (Wildman–Crippen MR) is 66.9 cm³/mol. The maximum absolute atomic E-state index is 10.7. The van der Waals surface area contributed by atoms with E-state index in [0.717, 1.165) is 5.56 Å². The van der Waals surface area contributed by atoms with Crippen molar-refractivity contribution in [3.05, 3.63) is 35.7 Å². The highest BCUT2D eigenvalue weighted by atomic mass is 16.5. The first kappa shape index (κ1) is 13.2. The van der Waals surface area contributed by atoms with Gasteiger partial charge in [0.1, 0.15) is 0 Å². The summed E-state index contributed by atoms with van der Waals surface area (Å²) in [7, 11) is 0. The van der Waals surface area contributed by atoms with E-state index in [-0.39, 0.29) is 5.56 Å². The molecule has 0 aliphatic heterocycles. The number of nitrogens with zero attached hydrogens (tertiary/aromatic N) is 2. The van der Waals surface area contributed by atoms with Gasteiger partial charge in [0.05, 0.1) is 18.6 Å². The summed E-state index contributed by atoms with van der Waals surface area (Å²) in [5, 5.41) is 12.7. The van der Waals surface area contributed by atoms with Gasteiger partial charge >= 0.3 is 5.97 Å². The second-order valence-electron chi connectivity index (χ2n) is 3.84. The first-order valence-electron chi connectivity index (χ1n) is 5.94. The van der Waals surface area contributed by atoms with E-state index in [4.69, 9.17) is 14.4 Å². The number of hydrogen-bond donors (Lipinski definition) is 1. The summed E-state index contributed by atoms with van der Waals surface area (Å²) in [5.41, 5.74) is 0.945. The zero-order valence-electron chi connectivity index (χ0n) is 10.5. The van der Waals surface area contributed by atoms with E-state index >= 15 is 0 Å². The summed E-state index contributed by atoms with van der Waals surface area (Å²) in [4.78, 5) is 15.0. The Bertz CT molecular complexity index is 548. The molecule has 0 atom stereocenters. The third kappa shape index (κ3) is 3.38. The lowest BCUT2D eigenvalue weighted by Crippen LogP contribution is -1.98. The Kier molecular flexibility index (Phi) is 4.25. The van der Waals surface area contributed by atoms with Crippen molar-refractivity contribution < 1.29 is 19.2 Å². The standard InChI is InChI=1S/C13H14N2O4/c1-2-18-8-7-11-14-12(15-19-11)9-3-5-10(6-4-9)13(16)17/h3-6H,2,7-8H2,1H3,(H,16,17). The molecule has 0 aliphatic rings. The third-order valence-electron chi connectivity index (χ3n) is 2.52. The summed E-state index contributed by atoms with van der Waals surface area (Å²) >= 11 is 0. The Morgan fingerprint density at radius 2 is 2.11 bits per heavy atom. The molecule has 1 heterocycles. The molecule has 2 rings (SSSR count). The van der Waals surface area contributed by atoms with Gasteiger partial charge in [-0.05, 0) is 19.1 Å². The molecule has 0 radical (unpaired) electrons. The molecule has 6 nitrogen and oxygen atoms in total. The number of aromatic carboxylic acids is 1. The van der Waals surface area contributed by atoms with Crippen LogP contribution >= 0.6 is 0 Å². The highest BCUT2D eigenvalue weighted by Gasteiger charge is 2.09. The van der Waals surface area contributed by atoms with Gasteiger partial charge < -0.3 is 14.4 Å². The zero-order valence-corrected chi connectivity index (χ0v) is 10.5. The molecule has 1 aromatic heterocycles. The van der Waals surface area contributed by atoms with Crippen LogP contribution in [0.1, 0.15) is 23.2 Å². The first-order valence-corrected chi connectivity index (χ1v) is 5.94. The van der Waals surface area contributed by atoms with Crippen LogP contribution in [0, 0.1) is 0 Å². The molecule has 0 aliphatic carbocycles. The fraction of sp³-hybridized carbons (Fsp3) is 0.308. The second kappa shape index (κ2) is 6.10. The Morgan fingerprint density at radius 3 is 2.74 bits per heavy atom. The van der Waals surface area contributed by atoms with Crippen molar-refractivity contribution in [2.24, 2.45) is 0 Å². The average Bonchev–Trinajstić information content (AvgIpc) is 2.88. The Hall–Kier alpha value is -2.21. The van der Waals surface area contributed by atoms with Crippen LogP contribution in [0.4, 0.5) is 0 Å². The van der Waals surface area contributed by atoms with Crippen LogP contribution in [0.25, 0.3) is 11.4 Å². The van der Waals surface area contributed by atoms with E-state index in [1.807, 2.05) is 6.92 Å². The van der Waals surface area contributed by atoms with E-state index in [1.165, 1.54) is 12.1 Å². The van der Waals surface area contributed by atoms with Gasteiger partial charge in [0.2, 0.25) is 11.7 Å². The van der Waals surface area contributed by atoms with E-state index in [1.54, 1.807) is 12.1 Å². The average molecular weight is 262 g/mol. The molecule has 6 heteroatoms. The summed E-state index contributed by atoms with van der Waals surface area (Å²) < 4.78 is 10.3. The second-order valence-corrected chi connectivity index (χ2v) is 3.84. The lowest BCUT2D eigenvalue weighted by molar-refractivity contribution is 0.0697. The molecule has 100 valence electrons. The van der Waals surface area contributed by atoms with Crippen LogP contribution in [-0.4, -0.2) is 34.4 Å². The van der Waals surface area contributed by atoms with Crippen LogP contribution in [0.15, 0.2) is 28.8 Å². The zero-order chi connectivity index (χ0) is 13.7. The fourth-order valence-corrected chi connectivity index (χ4v) is 1.54. The van der Waals surface area contributed by atoms with Crippen molar-refractivity contribution in [3.63, 3.8) is 0 Å². The van der Waals surface area contributed by atoms with Crippen molar-refractivity contribution in [2.75, 3.05) is 13.2 Å². The molecule has 0 fully saturated rings. The van der Waals surface area contributed by atoms with Crippen LogP contribution in [0.3, 0.4) is 0 Å². The minimum Gasteiger partial charge on any atom is -0.478 e. The van der Waals surface area contributed by atoms with Gasteiger partial charge in [0.15, 0.2) is 0 Å². The highest BCUT2D eigenvalue weighted by Crippen LogP contribution is 2.16. The van der Waals surface area contributed by atoms with Crippen molar-refractivity contribution in [3.8, 4) is 11.4 Å². The van der Waals surface area contributed by atoms with Crippen molar-refractivity contribution in [2.45, 2.75) is 13.3 Å². The quantitative estimate of drug-likeness (QED) is 0.801. The smallest absolute Gasteiger partial charge is 0.335 e. The van der Waals surface area contributed by atoms with Crippen LogP contribution in [0.2, 0.25) is 0 Å². The Balaban J connectivity index is 2.07. The van der Waals surface area contributed by atoms with Gasteiger partial charge in [-0.15, -0.1) is 0 Å². The first-order chi connectivity index (χ1) is 9.20. The highest BCUT2D eigenvalue weighted by molar-refractivity contribution is 5.88. The molecule has 1 aromatic carbocycles. The molecule has 0 unspecified atom stereocenters. The van der Waals surface area contributed by atoms with Crippen molar-refractivity contribution in [1.29, 1.82) is 0 Å². The van der Waals surface area contributed by atoms with Gasteiger partial charge in [-0.3, -0.25) is 0 Å². The van der Waals surface area contributed by atoms with Gasteiger partial charge in [0.25, 0.3) is 0 Å². The van der Waals surface area contributed by atoms with Gasteiger partial charge in [-0.2, -0.15) is 4.98 Å². The molecule has 19 heavy (non-hydrogen) atoms. The lowest BCUT2D eigenvalue weighted by Gasteiger charge is -1.96. The van der Waals surface area contributed by atoms with Crippen LogP contribution in [-0.2, 0) is 11.2 Å². The molecule has 0 saturated carbocycles. The number of hydrogen-bond acceptors (Lipinski definition) is 5. The maximum Gasteiger partial charge on any atom is 0.335 e. The summed E-state index contributed by atoms with van der Waals surface area (Å²) in [6.07, 6.45) is 0.564. The monoisotopic (exact) mass is 262 g/mol. The summed E-state index contributed by atoms with van der Waals surface area (Å²) in [5.74, 6) is -0.00809. The molecule has 2 aromatic rings. The summed E-state index contributed by atoms with van der Waals surface area (Å²) in [6.45, 7) is 3.11. The predicted octanol–water partition coefficient (Wildman–Crippen LogP) is 2.01. The van der Waals surface area contributed by atoms with Crippen LogP contribution < -0.4 is 0 Å². The van der Waals surface area contributed by atoms with E-state index in [9.17, 15) is 4.79 Å². The largest absolute Gasteiger partial charge is 0.478 e. The number of carbonyl (C=O) groups is 1. The number of rotatable bonds is 6. The van der Waals surface area contributed by atoms with Gasteiger partial charge in [-0.25, -0.2) is 4.79 Å². The molecule has 0 amide bonds. The number of aromatic nitrogens is 2. The minimum absolute atomic E-state index is 0.226. The number of carboxylic acid groups (broad SMARTS) is 1. The maximum atomic E-state index is 10.7. The van der Waals surface area contributed by atoms with Crippen molar-refractivity contribution in [1.82, 2.24) is 10.1 Å². The van der Waals surface area contributed by atoms with E-state index < -0.39 is 5.97 Å². The molecular weight excluding hydrogens is 248 g/mol. The topological polar surface area (TPSA) is 85.5 Å². The summed E-state index contributed by atoms with van der Waals surface area (Å²) in [6, 6.07) is 6.32. The number of ether oxygens (including phenoxy) is 1.